The summed E-state index contributed by atoms with van der Waals surface area (Å²) >= 11 is 6.21. The Morgan fingerprint density at radius 3 is 2.45 bits per heavy atom. The van der Waals surface area contributed by atoms with Crippen molar-refractivity contribution >= 4 is 23.3 Å². The number of halogens is 1. The number of benzene rings is 3. The topological polar surface area (TPSA) is 53.6 Å². The molecule has 2 N–H and O–H groups in total. The molecule has 0 spiro atoms. The van der Waals surface area contributed by atoms with E-state index in [1.807, 2.05) is 41.3 Å². The molecule has 0 saturated carbocycles. The number of nitrogens with zero attached hydrogens (tertiary/aromatic N) is 1. The molecular weight excluding hydrogens is 410 g/mol. The Bertz CT molecular complexity index is 1090. The average molecular weight is 434 g/mol. The highest BCUT2D eigenvalue weighted by Crippen LogP contribution is 2.43. The van der Waals surface area contributed by atoms with Crippen molar-refractivity contribution in [3.63, 3.8) is 0 Å². The van der Waals surface area contributed by atoms with Gasteiger partial charge in [-0.3, -0.25) is 0 Å². The Labute approximate surface area is 187 Å². The van der Waals surface area contributed by atoms with Crippen molar-refractivity contribution in [3.8, 4) is 16.9 Å². The highest BCUT2D eigenvalue weighted by molar-refractivity contribution is 6.33. The molecule has 0 radical (unpaired) electrons. The number of hydrogen-bond acceptors (Lipinski definition) is 3. The summed E-state index contributed by atoms with van der Waals surface area (Å²) in [5.41, 5.74) is 4.19. The van der Waals surface area contributed by atoms with Gasteiger partial charge < -0.3 is 20.3 Å². The highest BCUT2D eigenvalue weighted by Gasteiger charge is 2.53. The van der Waals surface area contributed by atoms with Gasteiger partial charge in [-0.25, -0.2) is 4.79 Å². The van der Waals surface area contributed by atoms with Crippen LogP contribution in [0.25, 0.3) is 11.1 Å². The predicted octanol–water partition coefficient (Wildman–Crippen LogP) is 4.99. The van der Waals surface area contributed by atoms with Crippen LogP contribution in [0.3, 0.4) is 0 Å². The van der Waals surface area contributed by atoms with E-state index in [1.54, 1.807) is 13.2 Å². The van der Waals surface area contributed by atoms with E-state index in [1.165, 1.54) is 5.56 Å². The zero-order valence-electron chi connectivity index (χ0n) is 17.2. The fourth-order valence-corrected chi connectivity index (χ4v) is 4.95. The molecule has 3 atom stereocenters. The Morgan fingerprint density at radius 2 is 1.74 bits per heavy atom. The number of urea groups is 1. The molecule has 0 aromatic heterocycles. The van der Waals surface area contributed by atoms with Crippen LogP contribution < -0.4 is 15.4 Å². The van der Waals surface area contributed by atoms with Crippen LogP contribution >= 0.6 is 11.6 Å². The minimum absolute atomic E-state index is 0.0890. The van der Waals surface area contributed by atoms with Crippen LogP contribution in [0, 0.1) is 0 Å². The smallest absolute Gasteiger partial charge is 0.322 e. The number of hydrogen-bond donors (Lipinski definition) is 2. The number of carbonyl (C=O) groups is 1. The summed E-state index contributed by atoms with van der Waals surface area (Å²) in [5, 5.41) is 6.95. The Hall–Kier alpha value is -3.02. The van der Waals surface area contributed by atoms with Crippen LogP contribution in [0.15, 0.2) is 72.8 Å². The maximum Gasteiger partial charge on any atom is 0.322 e. The summed E-state index contributed by atoms with van der Waals surface area (Å²) in [6.07, 6.45) is 0. The minimum atomic E-state index is -0.0890. The first-order chi connectivity index (χ1) is 15.2. The number of nitrogens with one attached hydrogen (secondary N) is 2. The number of amides is 2. The summed E-state index contributed by atoms with van der Waals surface area (Å²) in [6, 6.07) is 24.2. The third-order valence-corrected chi connectivity index (χ3v) is 6.63. The van der Waals surface area contributed by atoms with Crippen molar-refractivity contribution < 1.29 is 9.53 Å². The SMILES string of the molecule is COc1cccc(-c2ccc(C3[C@H]4CNC[C@@H]3N4C(=O)Nc3ccccc3Cl)cc2)c1. The molecule has 2 heterocycles. The molecule has 2 saturated heterocycles. The second-order valence-corrected chi connectivity index (χ2v) is 8.40. The number of ether oxygens (including phenoxy) is 1. The first-order valence-electron chi connectivity index (χ1n) is 10.4. The molecule has 6 heteroatoms. The molecular formula is C25H24ClN3O2. The van der Waals surface area contributed by atoms with E-state index in [0.717, 1.165) is 30.0 Å². The molecule has 1 unspecified atom stereocenters. The maximum absolute atomic E-state index is 13.0. The quantitative estimate of drug-likeness (QED) is 0.609. The van der Waals surface area contributed by atoms with Gasteiger partial charge in [-0.15, -0.1) is 0 Å². The zero-order chi connectivity index (χ0) is 21.4. The number of methoxy groups -OCH3 is 1. The number of fused-ring (bicyclic) bond motifs is 2. The van der Waals surface area contributed by atoms with E-state index in [0.29, 0.717) is 16.6 Å². The number of para-hydroxylation sites is 1. The summed E-state index contributed by atoms with van der Waals surface area (Å²) < 4.78 is 5.34. The molecule has 5 rings (SSSR count). The fourth-order valence-electron chi connectivity index (χ4n) is 4.76. The minimum Gasteiger partial charge on any atom is -0.497 e. The first kappa shape index (κ1) is 19.9. The van der Waals surface area contributed by atoms with Crippen LogP contribution in [-0.2, 0) is 0 Å². The third-order valence-electron chi connectivity index (χ3n) is 6.30. The van der Waals surface area contributed by atoms with Gasteiger partial charge in [0.15, 0.2) is 0 Å². The molecule has 0 aliphatic carbocycles. The number of piperazine rings is 1. The fraction of sp³-hybridized carbons (Fsp3) is 0.240. The first-order valence-corrected chi connectivity index (χ1v) is 10.8. The molecule has 2 aliphatic heterocycles. The summed E-state index contributed by atoms with van der Waals surface area (Å²) in [4.78, 5) is 14.9. The van der Waals surface area contributed by atoms with Gasteiger partial charge in [0.2, 0.25) is 0 Å². The lowest BCUT2D eigenvalue weighted by Crippen LogP contribution is -2.74. The summed E-state index contributed by atoms with van der Waals surface area (Å²) in [7, 11) is 1.68. The molecule has 3 aromatic rings. The van der Waals surface area contributed by atoms with Crippen molar-refractivity contribution in [2.45, 2.75) is 18.0 Å². The monoisotopic (exact) mass is 433 g/mol. The van der Waals surface area contributed by atoms with Crippen LogP contribution in [-0.4, -0.2) is 43.2 Å². The number of rotatable bonds is 4. The molecule has 31 heavy (non-hydrogen) atoms. The van der Waals surface area contributed by atoms with E-state index >= 15 is 0 Å². The molecule has 2 amide bonds. The van der Waals surface area contributed by atoms with Crippen molar-refractivity contribution in [1.82, 2.24) is 10.2 Å². The van der Waals surface area contributed by atoms with Crippen molar-refractivity contribution in [3.05, 3.63) is 83.4 Å². The molecule has 5 nitrogen and oxygen atoms in total. The van der Waals surface area contributed by atoms with Gasteiger partial charge in [-0.05, 0) is 41.0 Å². The van der Waals surface area contributed by atoms with Crippen molar-refractivity contribution in [1.29, 1.82) is 0 Å². The number of piperidine rings is 1. The second kappa shape index (κ2) is 8.25. The van der Waals surface area contributed by atoms with Gasteiger partial charge in [-0.1, -0.05) is 60.1 Å². The van der Waals surface area contributed by atoms with Crippen LogP contribution in [0.5, 0.6) is 5.75 Å². The van der Waals surface area contributed by atoms with E-state index < -0.39 is 0 Å². The predicted molar refractivity (Wildman–Crippen MR) is 124 cm³/mol. The van der Waals surface area contributed by atoms with Gasteiger partial charge in [0.25, 0.3) is 0 Å². The van der Waals surface area contributed by atoms with Gasteiger partial charge in [0, 0.05) is 19.0 Å². The Balaban J connectivity index is 1.32. The zero-order valence-corrected chi connectivity index (χ0v) is 18.0. The van der Waals surface area contributed by atoms with Crippen molar-refractivity contribution in [2.75, 3.05) is 25.5 Å². The molecule has 2 bridgehead atoms. The van der Waals surface area contributed by atoms with Gasteiger partial charge in [-0.2, -0.15) is 0 Å². The molecule has 3 aromatic carbocycles. The summed E-state index contributed by atoms with van der Waals surface area (Å²) in [6.45, 7) is 1.57. The van der Waals surface area contributed by atoms with E-state index in [4.69, 9.17) is 16.3 Å². The third kappa shape index (κ3) is 3.64. The Kier molecular flexibility index (Phi) is 5.30. The normalized spacial score (nSPS) is 21.9. The maximum atomic E-state index is 13.0. The largest absolute Gasteiger partial charge is 0.497 e. The van der Waals surface area contributed by atoms with Crippen LogP contribution in [0.2, 0.25) is 5.02 Å². The lowest BCUT2D eigenvalue weighted by Gasteiger charge is -2.59. The van der Waals surface area contributed by atoms with Crippen LogP contribution in [0.4, 0.5) is 10.5 Å². The molecule has 2 fully saturated rings. The lowest BCUT2D eigenvalue weighted by molar-refractivity contribution is 0.00202. The van der Waals surface area contributed by atoms with E-state index in [2.05, 4.69) is 41.0 Å². The second-order valence-electron chi connectivity index (χ2n) is 7.99. The lowest BCUT2D eigenvalue weighted by atomic mass is 9.72. The standard InChI is InChI=1S/C25H24ClN3O2/c1-31-19-6-4-5-18(13-19)16-9-11-17(12-10-16)24-22-14-27-15-23(24)29(22)25(30)28-21-8-3-2-7-20(21)26/h2-13,22-24,27H,14-15H2,1H3,(H,28,30)/t22-,23+,24?. The van der Waals surface area contributed by atoms with Gasteiger partial charge >= 0.3 is 6.03 Å². The van der Waals surface area contributed by atoms with E-state index in [-0.39, 0.29) is 18.1 Å². The average Bonchev–Trinajstić information content (AvgIpc) is 2.81. The molecule has 2 aliphatic rings. The summed E-state index contributed by atoms with van der Waals surface area (Å²) in [5.74, 6) is 1.18. The van der Waals surface area contributed by atoms with E-state index in [9.17, 15) is 4.79 Å². The number of carbonyl (C=O) groups excluding carboxylic acids is 1. The highest BCUT2D eigenvalue weighted by atomic mass is 35.5. The van der Waals surface area contributed by atoms with Gasteiger partial charge in [0.05, 0.1) is 29.9 Å². The number of likely N-dealkylation sites (tertiary alicyclic amines) is 1. The van der Waals surface area contributed by atoms with Crippen molar-refractivity contribution in [2.24, 2.45) is 0 Å². The Morgan fingerprint density at radius 1 is 1.00 bits per heavy atom. The molecule has 158 valence electrons. The number of anilines is 1. The van der Waals surface area contributed by atoms with Gasteiger partial charge in [0.1, 0.15) is 5.75 Å². The van der Waals surface area contributed by atoms with Crippen LogP contribution in [0.1, 0.15) is 11.5 Å².